The van der Waals surface area contributed by atoms with Crippen molar-refractivity contribution in [2.24, 2.45) is 0 Å². The fourth-order valence-corrected chi connectivity index (χ4v) is 1.33. The van der Waals surface area contributed by atoms with E-state index >= 15 is 0 Å². The number of hydrogen-bond acceptors (Lipinski definition) is 2. The summed E-state index contributed by atoms with van der Waals surface area (Å²) in [5.74, 6) is 0.476. The lowest BCUT2D eigenvalue weighted by Crippen LogP contribution is -2.14. The van der Waals surface area contributed by atoms with Gasteiger partial charge in [0.25, 0.3) is 0 Å². The maximum Gasteiger partial charge on any atom is 0.411 e. The average Bonchev–Trinajstić information content (AvgIpc) is 2.24. The lowest BCUT2D eigenvalue weighted by molar-refractivity contribution is 0.162. The van der Waals surface area contributed by atoms with Gasteiger partial charge in [0.1, 0.15) is 0 Å². The van der Waals surface area contributed by atoms with Gasteiger partial charge in [0.2, 0.25) is 0 Å². The van der Waals surface area contributed by atoms with Crippen molar-refractivity contribution in [1.82, 2.24) is 0 Å². The molecule has 3 nitrogen and oxygen atoms in total. The fourth-order valence-electron chi connectivity index (χ4n) is 1.04. The van der Waals surface area contributed by atoms with Gasteiger partial charge in [-0.1, -0.05) is 17.7 Å². The Balaban J connectivity index is 2.46. The zero-order valence-corrected chi connectivity index (χ0v) is 10.4. The minimum absolute atomic E-state index is 0.314. The van der Waals surface area contributed by atoms with Crippen molar-refractivity contribution < 1.29 is 9.53 Å². The molecule has 1 aromatic carbocycles. The quantitative estimate of drug-likeness (QED) is 0.661. The molecule has 1 N–H and O–H groups in total. The molecule has 16 heavy (non-hydrogen) atoms. The molecule has 0 bridgehead atoms. The number of amides is 1. The van der Waals surface area contributed by atoms with Crippen LogP contribution in [0, 0.1) is 6.92 Å². The van der Waals surface area contributed by atoms with Gasteiger partial charge >= 0.3 is 6.09 Å². The van der Waals surface area contributed by atoms with Crippen LogP contribution >= 0.6 is 23.2 Å². The molecule has 0 aliphatic carbocycles. The van der Waals surface area contributed by atoms with E-state index in [9.17, 15) is 4.79 Å². The molecule has 5 heteroatoms. The zero-order chi connectivity index (χ0) is 12.0. The van der Waals surface area contributed by atoms with Crippen LogP contribution in [0.5, 0.6) is 0 Å². The Labute approximate surface area is 105 Å². The molecule has 0 saturated carbocycles. The normalized spacial score (nSPS) is 9.94. The van der Waals surface area contributed by atoms with Gasteiger partial charge in [-0.15, -0.1) is 11.6 Å². The minimum Gasteiger partial charge on any atom is -0.449 e. The summed E-state index contributed by atoms with van der Waals surface area (Å²) in [7, 11) is 0. The van der Waals surface area contributed by atoms with Crippen LogP contribution in [0.15, 0.2) is 18.2 Å². The first-order chi connectivity index (χ1) is 7.63. The number of anilines is 1. The summed E-state index contributed by atoms with van der Waals surface area (Å²) in [6.45, 7) is 2.21. The summed E-state index contributed by atoms with van der Waals surface area (Å²) in [4.78, 5) is 11.3. The van der Waals surface area contributed by atoms with Crippen LogP contribution in [-0.4, -0.2) is 18.6 Å². The van der Waals surface area contributed by atoms with Gasteiger partial charge in [-0.3, -0.25) is 5.32 Å². The monoisotopic (exact) mass is 261 g/mol. The standard InChI is InChI=1S/C11H13Cl2NO2/c1-8-3-4-9(7-10(8)13)14-11(15)16-6-2-5-12/h3-4,7H,2,5-6H2,1H3,(H,14,15). The summed E-state index contributed by atoms with van der Waals surface area (Å²) in [6.07, 6.45) is 0.147. The first kappa shape index (κ1) is 13.1. The van der Waals surface area contributed by atoms with E-state index in [-0.39, 0.29) is 0 Å². The van der Waals surface area contributed by atoms with Crippen LogP contribution in [0.4, 0.5) is 10.5 Å². The third kappa shape index (κ3) is 4.29. The zero-order valence-electron chi connectivity index (χ0n) is 8.93. The van der Waals surface area contributed by atoms with Gasteiger partial charge in [-0.05, 0) is 31.0 Å². The molecule has 0 aliphatic rings. The van der Waals surface area contributed by atoms with Crippen LogP contribution in [0.3, 0.4) is 0 Å². The molecule has 0 radical (unpaired) electrons. The molecular formula is C11H13Cl2NO2. The Morgan fingerprint density at radius 3 is 2.88 bits per heavy atom. The summed E-state index contributed by atoms with van der Waals surface area (Å²) in [5, 5.41) is 3.19. The van der Waals surface area contributed by atoms with Crippen molar-refractivity contribution in [3.05, 3.63) is 28.8 Å². The highest BCUT2D eigenvalue weighted by molar-refractivity contribution is 6.31. The van der Waals surface area contributed by atoms with Gasteiger partial charge in [0, 0.05) is 16.6 Å². The van der Waals surface area contributed by atoms with Crippen molar-refractivity contribution in [2.75, 3.05) is 17.8 Å². The molecule has 1 rings (SSSR count). The van der Waals surface area contributed by atoms with Gasteiger partial charge < -0.3 is 4.74 Å². The highest BCUT2D eigenvalue weighted by atomic mass is 35.5. The third-order valence-corrected chi connectivity index (χ3v) is 2.60. The highest BCUT2D eigenvalue weighted by Gasteiger charge is 2.04. The molecule has 0 aliphatic heterocycles. The first-order valence-electron chi connectivity index (χ1n) is 4.89. The molecule has 0 aromatic heterocycles. The predicted octanol–water partition coefficient (Wildman–Crippen LogP) is 3.83. The summed E-state index contributed by atoms with van der Waals surface area (Å²) in [6, 6.07) is 5.28. The van der Waals surface area contributed by atoms with E-state index in [1.54, 1.807) is 12.1 Å². The highest BCUT2D eigenvalue weighted by Crippen LogP contribution is 2.19. The topological polar surface area (TPSA) is 38.3 Å². The van der Waals surface area contributed by atoms with Crippen molar-refractivity contribution in [1.29, 1.82) is 0 Å². The second-order valence-electron chi connectivity index (χ2n) is 3.27. The van der Waals surface area contributed by atoms with E-state index in [2.05, 4.69) is 5.32 Å². The number of halogens is 2. The van der Waals surface area contributed by atoms with E-state index in [0.29, 0.717) is 29.6 Å². The van der Waals surface area contributed by atoms with Crippen molar-refractivity contribution in [2.45, 2.75) is 13.3 Å². The number of ether oxygens (including phenoxy) is 1. The number of carbonyl (C=O) groups excluding carboxylic acids is 1. The second kappa shape index (κ2) is 6.61. The number of carbonyl (C=O) groups is 1. The van der Waals surface area contributed by atoms with Gasteiger partial charge in [0.15, 0.2) is 0 Å². The lowest BCUT2D eigenvalue weighted by atomic mass is 10.2. The molecule has 0 fully saturated rings. The number of alkyl halides is 1. The molecule has 0 spiro atoms. The van der Waals surface area contributed by atoms with Crippen molar-refractivity contribution >= 4 is 35.0 Å². The maximum absolute atomic E-state index is 11.3. The molecule has 0 unspecified atom stereocenters. The number of nitrogens with one attached hydrogen (secondary N) is 1. The number of benzene rings is 1. The number of rotatable bonds is 4. The lowest BCUT2D eigenvalue weighted by Gasteiger charge is -2.07. The Morgan fingerprint density at radius 1 is 1.50 bits per heavy atom. The Bertz CT molecular complexity index is 369. The minimum atomic E-state index is -0.495. The third-order valence-electron chi connectivity index (χ3n) is 1.93. The van der Waals surface area contributed by atoms with E-state index < -0.39 is 6.09 Å². The van der Waals surface area contributed by atoms with Crippen LogP contribution in [0.2, 0.25) is 5.02 Å². The van der Waals surface area contributed by atoms with Gasteiger partial charge in [0.05, 0.1) is 6.61 Å². The van der Waals surface area contributed by atoms with E-state index in [4.69, 9.17) is 27.9 Å². The van der Waals surface area contributed by atoms with E-state index in [0.717, 1.165) is 5.56 Å². The summed E-state index contributed by atoms with van der Waals surface area (Å²) in [5.41, 5.74) is 1.58. The molecular weight excluding hydrogens is 249 g/mol. The molecule has 1 amide bonds. The molecule has 0 saturated heterocycles. The largest absolute Gasteiger partial charge is 0.449 e. The maximum atomic E-state index is 11.3. The van der Waals surface area contributed by atoms with E-state index in [1.807, 2.05) is 13.0 Å². The van der Waals surface area contributed by atoms with Gasteiger partial charge in [-0.2, -0.15) is 0 Å². The number of hydrogen-bond donors (Lipinski definition) is 1. The van der Waals surface area contributed by atoms with Crippen LogP contribution in [-0.2, 0) is 4.74 Å². The summed E-state index contributed by atoms with van der Waals surface area (Å²) < 4.78 is 4.88. The molecule has 88 valence electrons. The SMILES string of the molecule is Cc1ccc(NC(=O)OCCCCl)cc1Cl. The predicted molar refractivity (Wildman–Crippen MR) is 66.5 cm³/mol. The molecule has 1 aromatic rings. The fraction of sp³-hybridized carbons (Fsp3) is 0.364. The Hall–Kier alpha value is -0.930. The average molecular weight is 262 g/mol. The second-order valence-corrected chi connectivity index (χ2v) is 4.05. The first-order valence-corrected chi connectivity index (χ1v) is 5.80. The van der Waals surface area contributed by atoms with Crippen molar-refractivity contribution in [3.63, 3.8) is 0 Å². The van der Waals surface area contributed by atoms with Crippen LogP contribution in [0.1, 0.15) is 12.0 Å². The van der Waals surface area contributed by atoms with E-state index in [1.165, 1.54) is 0 Å². The summed E-state index contributed by atoms with van der Waals surface area (Å²) >= 11 is 11.4. The molecule has 0 atom stereocenters. The number of aryl methyl sites for hydroxylation is 1. The smallest absolute Gasteiger partial charge is 0.411 e. The Morgan fingerprint density at radius 2 is 2.25 bits per heavy atom. The van der Waals surface area contributed by atoms with Gasteiger partial charge in [-0.25, -0.2) is 4.79 Å². The Kier molecular flexibility index (Phi) is 5.43. The molecule has 0 heterocycles. The van der Waals surface area contributed by atoms with Crippen molar-refractivity contribution in [3.8, 4) is 0 Å². The van der Waals surface area contributed by atoms with Crippen LogP contribution in [0.25, 0.3) is 0 Å². The van der Waals surface area contributed by atoms with Crippen LogP contribution < -0.4 is 5.32 Å².